The van der Waals surface area contributed by atoms with Gasteiger partial charge in [0.05, 0.1) is 12.7 Å². The van der Waals surface area contributed by atoms with Gasteiger partial charge in [-0.2, -0.15) is 0 Å². The van der Waals surface area contributed by atoms with Crippen LogP contribution in [-0.4, -0.2) is 25.2 Å². The van der Waals surface area contributed by atoms with Crippen molar-refractivity contribution in [1.29, 1.82) is 0 Å². The molecule has 0 fully saturated rings. The summed E-state index contributed by atoms with van der Waals surface area (Å²) in [4.78, 5) is 11.2. The van der Waals surface area contributed by atoms with Gasteiger partial charge in [-0.1, -0.05) is 0 Å². The fourth-order valence-electron chi connectivity index (χ4n) is 1.14. The van der Waals surface area contributed by atoms with Crippen LogP contribution in [0.5, 0.6) is 5.75 Å². The van der Waals surface area contributed by atoms with Gasteiger partial charge < -0.3 is 15.2 Å². The van der Waals surface area contributed by atoms with Crippen molar-refractivity contribution in [3.63, 3.8) is 0 Å². The number of ether oxygens (including phenoxy) is 2. The minimum atomic E-state index is -0.410. The molecule has 0 amide bonds. The van der Waals surface area contributed by atoms with Crippen molar-refractivity contribution in [1.82, 2.24) is 0 Å². The van der Waals surface area contributed by atoms with E-state index < -0.39 is 5.60 Å². The predicted molar refractivity (Wildman–Crippen MR) is 61.5 cm³/mol. The second kappa shape index (κ2) is 4.99. The van der Waals surface area contributed by atoms with Gasteiger partial charge in [0.15, 0.2) is 0 Å². The van der Waals surface area contributed by atoms with Crippen LogP contribution in [0, 0.1) is 0 Å². The highest BCUT2D eigenvalue weighted by atomic mass is 16.5. The van der Waals surface area contributed by atoms with Crippen LogP contribution in [-0.2, 0) is 4.74 Å². The largest absolute Gasteiger partial charge is 0.487 e. The van der Waals surface area contributed by atoms with Gasteiger partial charge in [-0.15, -0.1) is 0 Å². The Bertz CT molecular complexity index is 357. The summed E-state index contributed by atoms with van der Waals surface area (Å²) in [5.74, 6) is 0.327. The van der Waals surface area contributed by atoms with Crippen LogP contribution < -0.4 is 10.5 Å². The van der Waals surface area contributed by atoms with E-state index in [1.807, 2.05) is 13.8 Å². The lowest BCUT2D eigenvalue weighted by Crippen LogP contribution is -2.37. The van der Waals surface area contributed by atoms with Crippen molar-refractivity contribution in [2.75, 3.05) is 13.7 Å². The minimum absolute atomic E-state index is 0.357. The second-order valence-electron chi connectivity index (χ2n) is 4.08. The molecule has 0 saturated carbocycles. The molecule has 0 aromatic heterocycles. The first-order valence-corrected chi connectivity index (χ1v) is 5.06. The molecule has 0 aliphatic rings. The third-order valence-corrected chi connectivity index (χ3v) is 2.16. The van der Waals surface area contributed by atoms with Gasteiger partial charge in [0.2, 0.25) is 0 Å². The van der Waals surface area contributed by atoms with Crippen LogP contribution in [0.15, 0.2) is 24.3 Å². The molecule has 0 heterocycles. The Labute approximate surface area is 95.3 Å². The van der Waals surface area contributed by atoms with Crippen LogP contribution in [0.25, 0.3) is 0 Å². The maximum atomic E-state index is 11.2. The normalized spacial score (nSPS) is 11.0. The summed E-state index contributed by atoms with van der Waals surface area (Å²) < 4.78 is 10.2. The smallest absolute Gasteiger partial charge is 0.337 e. The molecule has 4 heteroatoms. The third-order valence-electron chi connectivity index (χ3n) is 2.16. The first-order valence-electron chi connectivity index (χ1n) is 5.06. The van der Waals surface area contributed by atoms with Crippen LogP contribution >= 0.6 is 0 Å². The predicted octanol–water partition coefficient (Wildman–Crippen LogP) is 1.59. The molecular weight excluding hydrogens is 206 g/mol. The summed E-state index contributed by atoms with van der Waals surface area (Å²) in [6.07, 6.45) is 0. The molecule has 16 heavy (non-hydrogen) atoms. The van der Waals surface area contributed by atoms with Crippen molar-refractivity contribution in [2.45, 2.75) is 19.4 Å². The zero-order valence-corrected chi connectivity index (χ0v) is 9.82. The summed E-state index contributed by atoms with van der Waals surface area (Å²) in [7, 11) is 1.35. The number of rotatable bonds is 4. The van der Waals surface area contributed by atoms with Crippen molar-refractivity contribution in [3.05, 3.63) is 29.8 Å². The molecule has 0 aliphatic heterocycles. The lowest BCUT2D eigenvalue weighted by atomic mass is 10.1. The standard InChI is InChI=1S/C12H17NO3/c1-12(2,8-13)16-10-6-4-9(5-7-10)11(14)15-3/h4-7H,8,13H2,1-3H3. The number of hydrogen-bond donors (Lipinski definition) is 1. The Morgan fingerprint density at radius 3 is 2.31 bits per heavy atom. The first-order chi connectivity index (χ1) is 7.48. The van der Waals surface area contributed by atoms with E-state index in [9.17, 15) is 4.79 Å². The molecule has 4 nitrogen and oxygen atoms in total. The van der Waals surface area contributed by atoms with Crippen LogP contribution in [0.3, 0.4) is 0 Å². The Balaban J connectivity index is 2.76. The van der Waals surface area contributed by atoms with E-state index in [0.717, 1.165) is 0 Å². The lowest BCUT2D eigenvalue weighted by Gasteiger charge is -2.24. The van der Waals surface area contributed by atoms with Gasteiger partial charge >= 0.3 is 5.97 Å². The maximum Gasteiger partial charge on any atom is 0.337 e. The molecule has 1 aromatic rings. The average molecular weight is 223 g/mol. The molecule has 0 bridgehead atoms. The minimum Gasteiger partial charge on any atom is -0.487 e. The van der Waals surface area contributed by atoms with E-state index in [-0.39, 0.29) is 5.97 Å². The average Bonchev–Trinajstić information content (AvgIpc) is 2.28. The molecule has 88 valence electrons. The highest BCUT2D eigenvalue weighted by molar-refractivity contribution is 5.89. The van der Waals surface area contributed by atoms with Crippen molar-refractivity contribution in [3.8, 4) is 5.75 Å². The first kappa shape index (κ1) is 12.5. The molecule has 1 aromatic carbocycles. The Morgan fingerprint density at radius 2 is 1.88 bits per heavy atom. The Hall–Kier alpha value is -1.55. The maximum absolute atomic E-state index is 11.2. The fourth-order valence-corrected chi connectivity index (χ4v) is 1.14. The van der Waals surface area contributed by atoms with Gasteiger partial charge in [0.1, 0.15) is 11.4 Å². The van der Waals surface area contributed by atoms with E-state index in [1.165, 1.54) is 7.11 Å². The Kier molecular flexibility index (Phi) is 3.90. The molecule has 0 spiro atoms. The van der Waals surface area contributed by atoms with Gasteiger partial charge in [-0.25, -0.2) is 4.79 Å². The monoisotopic (exact) mass is 223 g/mol. The summed E-state index contributed by atoms with van der Waals surface area (Å²) in [6.45, 7) is 4.23. The number of nitrogens with two attached hydrogens (primary N) is 1. The van der Waals surface area contributed by atoms with Crippen LogP contribution in [0.2, 0.25) is 0 Å². The van der Waals surface area contributed by atoms with Crippen molar-refractivity contribution in [2.24, 2.45) is 5.73 Å². The van der Waals surface area contributed by atoms with E-state index in [4.69, 9.17) is 10.5 Å². The lowest BCUT2D eigenvalue weighted by molar-refractivity contribution is 0.0600. The Morgan fingerprint density at radius 1 is 1.31 bits per heavy atom. The second-order valence-corrected chi connectivity index (χ2v) is 4.08. The van der Waals surface area contributed by atoms with Gasteiger partial charge in [-0.05, 0) is 38.1 Å². The molecule has 0 saturated heterocycles. The molecule has 0 atom stereocenters. The topological polar surface area (TPSA) is 61.5 Å². The van der Waals surface area contributed by atoms with E-state index in [0.29, 0.717) is 17.9 Å². The number of hydrogen-bond acceptors (Lipinski definition) is 4. The zero-order chi connectivity index (χ0) is 12.2. The van der Waals surface area contributed by atoms with E-state index in [2.05, 4.69) is 4.74 Å². The summed E-state index contributed by atoms with van der Waals surface area (Å²) in [6, 6.07) is 6.77. The number of carbonyl (C=O) groups is 1. The molecule has 1 rings (SSSR count). The highest BCUT2D eigenvalue weighted by Gasteiger charge is 2.17. The molecular formula is C12H17NO3. The third kappa shape index (κ3) is 3.24. The SMILES string of the molecule is COC(=O)c1ccc(OC(C)(C)CN)cc1. The van der Waals surface area contributed by atoms with E-state index in [1.54, 1.807) is 24.3 Å². The van der Waals surface area contributed by atoms with E-state index >= 15 is 0 Å². The number of esters is 1. The highest BCUT2D eigenvalue weighted by Crippen LogP contribution is 2.18. The summed E-state index contributed by atoms with van der Waals surface area (Å²) in [5, 5.41) is 0. The molecule has 0 radical (unpaired) electrons. The number of carbonyl (C=O) groups excluding carboxylic acids is 1. The zero-order valence-electron chi connectivity index (χ0n) is 9.82. The van der Waals surface area contributed by atoms with Crippen LogP contribution in [0.4, 0.5) is 0 Å². The quantitative estimate of drug-likeness (QED) is 0.787. The van der Waals surface area contributed by atoms with Crippen molar-refractivity contribution < 1.29 is 14.3 Å². The van der Waals surface area contributed by atoms with Crippen molar-refractivity contribution >= 4 is 5.97 Å². The molecule has 0 unspecified atom stereocenters. The number of methoxy groups -OCH3 is 1. The summed E-state index contributed by atoms with van der Waals surface area (Å²) in [5.41, 5.74) is 5.65. The van der Waals surface area contributed by atoms with Gasteiger partial charge in [0.25, 0.3) is 0 Å². The van der Waals surface area contributed by atoms with Gasteiger partial charge in [-0.3, -0.25) is 0 Å². The molecule has 0 aliphatic carbocycles. The van der Waals surface area contributed by atoms with Crippen LogP contribution in [0.1, 0.15) is 24.2 Å². The summed E-state index contributed by atoms with van der Waals surface area (Å²) >= 11 is 0. The fraction of sp³-hybridized carbons (Fsp3) is 0.417. The van der Waals surface area contributed by atoms with Gasteiger partial charge in [0, 0.05) is 6.54 Å². The number of benzene rings is 1. The molecule has 2 N–H and O–H groups in total.